The van der Waals surface area contributed by atoms with Gasteiger partial charge in [0.25, 0.3) is 0 Å². The smallest absolute Gasteiger partial charge is 0.329 e. The first-order valence-corrected chi connectivity index (χ1v) is 6.50. The lowest BCUT2D eigenvalue weighted by Crippen LogP contribution is -2.58. The van der Waals surface area contributed by atoms with Crippen molar-refractivity contribution in [2.45, 2.75) is 24.8 Å². The highest BCUT2D eigenvalue weighted by molar-refractivity contribution is 6.32. The summed E-state index contributed by atoms with van der Waals surface area (Å²) in [7, 11) is 0. The van der Waals surface area contributed by atoms with Gasteiger partial charge in [-0.15, -0.1) is 0 Å². The van der Waals surface area contributed by atoms with Gasteiger partial charge >= 0.3 is 5.97 Å². The maximum atomic E-state index is 13.5. The van der Waals surface area contributed by atoms with Gasteiger partial charge in [-0.3, -0.25) is 4.79 Å². The van der Waals surface area contributed by atoms with Crippen molar-refractivity contribution < 1.29 is 19.1 Å². The summed E-state index contributed by atoms with van der Waals surface area (Å²) in [5.74, 6) is -2.17. The Morgan fingerprint density at radius 1 is 1.40 bits per heavy atom. The monoisotopic (exact) mass is 297 g/mol. The van der Waals surface area contributed by atoms with E-state index in [1.807, 2.05) is 0 Å². The summed E-state index contributed by atoms with van der Waals surface area (Å²) < 4.78 is 13.5. The molecule has 106 valence electrons. The number of carbonyl (C=O) groups excluding carboxylic acids is 1. The lowest BCUT2D eigenvalue weighted by atomic mass is 9.77. The predicted octanol–water partition coefficient (Wildman–Crippen LogP) is 2.62. The number of benzene rings is 1. The standard InChI is InChI=1S/C14H13ClFNO3/c15-10-3-1-4-11(16)9(10)5-6-12(18)17-14(13(19)20)7-2-8-14/h1,3-6H,2,7-8H2,(H,17,18)(H,19,20)/b6-5+. The van der Waals surface area contributed by atoms with E-state index in [1.54, 1.807) is 0 Å². The summed E-state index contributed by atoms with van der Waals surface area (Å²) in [5.41, 5.74) is -1.08. The fourth-order valence-corrected chi connectivity index (χ4v) is 2.26. The topological polar surface area (TPSA) is 66.4 Å². The van der Waals surface area contributed by atoms with E-state index >= 15 is 0 Å². The van der Waals surface area contributed by atoms with Crippen LogP contribution in [-0.2, 0) is 9.59 Å². The number of hydrogen-bond acceptors (Lipinski definition) is 2. The minimum absolute atomic E-state index is 0.0994. The fraction of sp³-hybridized carbons (Fsp3) is 0.286. The van der Waals surface area contributed by atoms with E-state index in [-0.39, 0.29) is 10.6 Å². The molecule has 0 aromatic heterocycles. The van der Waals surface area contributed by atoms with E-state index in [9.17, 15) is 14.0 Å². The van der Waals surface area contributed by atoms with Gasteiger partial charge in [-0.2, -0.15) is 0 Å². The number of aliphatic carboxylic acids is 1. The van der Waals surface area contributed by atoms with Gasteiger partial charge in [-0.1, -0.05) is 17.7 Å². The number of nitrogens with one attached hydrogen (secondary N) is 1. The van der Waals surface area contributed by atoms with Gasteiger partial charge < -0.3 is 10.4 Å². The van der Waals surface area contributed by atoms with E-state index < -0.39 is 23.2 Å². The summed E-state index contributed by atoms with van der Waals surface area (Å²) in [6, 6.07) is 4.20. The second-order valence-corrected chi connectivity index (χ2v) is 5.11. The van der Waals surface area contributed by atoms with Crippen molar-refractivity contribution in [3.05, 3.63) is 40.7 Å². The predicted molar refractivity (Wildman–Crippen MR) is 72.8 cm³/mol. The van der Waals surface area contributed by atoms with Crippen molar-refractivity contribution in [1.29, 1.82) is 0 Å². The molecular formula is C14H13ClFNO3. The van der Waals surface area contributed by atoms with Crippen LogP contribution in [0.1, 0.15) is 24.8 Å². The Bertz CT molecular complexity index is 562. The minimum atomic E-state index is -1.18. The van der Waals surface area contributed by atoms with Crippen molar-refractivity contribution in [1.82, 2.24) is 5.32 Å². The van der Waals surface area contributed by atoms with Crippen LogP contribution in [0.15, 0.2) is 24.3 Å². The molecule has 20 heavy (non-hydrogen) atoms. The number of carboxylic acid groups (broad SMARTS) is 1. The molecule has 0 unspecified atom stereocenters. The molecule has 0 saturated heterocycles. The zero-order valence-corrected chi connectivity index (χ0v) is 11.3. The summed E-state index contributed by atoms with van der Waals surface area (Å²) in [4.78, 5) is 22.8. The van der Waals surface area contributed by atoms with Crippen LogP contribution in [-0.4, -0.2) is 22.5 Å². The Balaban J connectivity index is 2.08. The molecule has 1 fully saturated rings. The third kappa shape index (κ3) is 2.82. The van der Waals surface area contributed by atoms with E-state index in [4.69, 9.17) is 16.7 Å². The van der Waals surface area contributed by atoms with Crippen LogP contribution in [0.5, 0.6) is 0 Å². The van der Waals surface area contributed by atoms with Gasteiger partial charge in [-0.05, 0) is 37.5 Å². The number of carbonyl (C=O) groups is 2. The molecule has 1 saturated carbocycles. The molecule has 4 nitrogen and oxygen atoms in total. The van der Waals surface area contributed by atoms with Crippen LogP contribution in [0.4, 0.5) is 4.39 Å². The number of hydrogen-bond donors (Lipinski definition) is 2. The van der Waals surface area contributed by atoms with Crippen molar-refractivity contribution in [3.63, 3.8) is 0 Å². The first kappa shape index (κ1) is 14.5. The zero-order valence-electron chi connectivity index (χ0n) is 10.5. The quantitative estimate of drug-likeness (QED) is 0.840. The minimum Gasteiger partial charge on any atom is -0.480 e. The van der Waals surface area contributed by atoms with Gasteiger partial charge in [0, 0.05) is 11.6 Å². The highest BCUT2D eigenvalue weighted by Crippen LogP contribution is 2.32. The highest BCUT2D eigenvalue weighted by Gasteiger charge is 2.45. The van der Waals surface area contributed by atoms with E-state index in [0.717, 1.165) is 12.5 Å². The number of rotatable bonds is 4. The summed E-state index contributed by atoms with van der Waals surface area (Å²) >= 11 is 5.82. The Hall–Kier alpha value is -1.88. The van der Waals surface area contributed by atoms with Crippen molar-refractivity contribution in [3.8, 4) is 0 Å². The molecule has 1 aliphatic rings. The highest BCUT2D eigenvalue weighted by atomic mass is 35.5. The Morgan fingerprint density at radius 3 is 2.60 bits per heavy atom. The SMILES string of the molecule is O=C(/C=C/c1c(F)cccc1Cl)NC1(C(=O)O)CCC1. The Kier molecular flexibility index (Phi) is 4.09. The Morgan fingerprint density at radius 2 is 2.10 bits per heavy atom. The van der Waals surface area contributed by atoms with E-state index in [1.165, 1.54) is 24.3 Å². The lowest BCUT2D eigenvalue weighted by Gasteiger charge is -2.37. The van der Waals surface area contributed by atoms with Gasteiger partial charge in [0.05, 0.1) is 5.02 Å². The summed E-state index contributed by atoms with van der Waals surface area (Å²) in [6.07, 6.45) is 3.90. The van der Waals surface area contributed by atoms with Gasteiger partial charge in [0.1, 0.15) is 11.4 Å². The van der Waals surface area contributed by atoms with Crippen LogP contribution >= 0.6 is 11.6 Å². The van der Waals surface area contributed by atoms with Crippen LogP contribution in [0.2, 0.25) is 5.02 Å². The molecule has 1 aromatic rings. The molecule has 2 rings (SSSR count). The zero-order chi connectivity index (χ0) is 14.8. The largest absolute Gasteiger partial charge is 0.480 e. The number of amides is 1. The van der Waals surface area contributed by atoms with E-state index in [2.05, 4.69) is 5.32 Å². The molecule has 0 atom stereocenters. The maximum Gasteiger partial charge on any atom is 0.329 e. The van der Waals surface area contributed by atoms with Crippen molar-refractivity contribution >= 4 is 29.6 Å². The first-order chi connectivity index (χ1) is 9.44. The molecule has 0 spiro atoms. The molecule has 0 bridgehead atoms. The average molecular weight is 298 g/mol. The lowest BCUT2D eigenvalue weighted by molar-refractivity contribution is -0.151. The molecule has 6 heteroatoms. The second kappa shape index (κ2) is 5.63. The number of halogens is 2. The van der Waals surface area contributed by atoms with Crippen molar-refractivity contribution in [2.24, 2.45) is 0 Å². The van der Waals surface area contributed by atoms with Gasteiger partial charge in [0.2, 0.25) is 5.91 Å². The van der Waals surface area contributed by atoms with Crippen LogP contribution in [0.3, 0.4) is 0 Å². The molecule has 0 radical (unpaired) electrons. The molecule has 1 aliphatic carbocycles. The average Bonchev–Trinajstić information content (AvgIpc) is 2.32. The summed E-state index contributed by atoms with van der Waals surface area (Å²) in [6.45, 7) is 0. The second-order valence-electron chi connectivity index (χ2n) is 4.70. The maximum absolute atomic E-state index is 13.5. The van der Waals surface area contributed by atoms with Crippen LogP contribution < -0.4 is 5.32 Å². The molecule has 2 N–H and O–H groups in total. The molecular weight excluding hydrogens is 285 g/mol. The third-order valence-corrected chi connectivity index (χ3v) is 3.71. The Labute approximate surface area is 120 Å². The van der Waals surface area contributed by atoms with Crippen LogP contribution in [0.25, 0.3) is 6.08 Å². The van der Waals surface area contributed by atoms with Crippen molar-refractivity contribution in [2.75, 3.05) is 0 Å². The van der Waals surface area contributed by atoms with E-state index in [0.29, 0.717) is 12.8 Å². The van der Waals surface area contributed by atoms with Gasteiger partial charge in [0.15, 0.2) is 0 Å². The normalized spacial score (nSPS) is 16.7. The number of carboxylic acids is 1. The molecule has 0 heterocycles. The van der Waals surface area contributed by atoms with Gasteiger partial charge in [-0.25, -0.2) is 9.18 Å². The summed E-state index contributed by atoms with van der Waals surface area (Å²) in [5, 5.41) is 11.7. The molecule has 0 aliphatic heterocycles. The first-order valence-electron chi connectivity index (χ1n) is 6.12. The third-order valence-electron chi connectivity index (χ3n) is 3.38. The fourth-order valence-electron chi connectivity index (χ4n) is 2.03. The molecule has 1 aromatic carbocycles. The van der Waals surface area contributed by atoms with Crippen LogP contribution in [0, 0.1) is 5.82 Å². The molecule has 1 amide bonds.